The Hall–Kier alpha value is -1.33. The van der Waals surface area contributed by atoms with Gasteiger partial charge in [-0.25, -0.2) is 0 Å². The highest BCUT2D eigenvalue weighted by Crippen LogP contribution is 2.10. The van der Waals surface area contributed by atoms with Crippen LogP contribution in [0.1, 0.15) is 0 Å². The van der Waals surface area contributed by atoms with Gasteiger partial charge in [-0.05, 0) is 12.1 Å². The number of hydrogen-bond acceptors (Lipinski definition) is 4. The minimum atomic E-state index is -1.55. The molecule has 60 valence electrons. The predicted molar refractivity (Wildman–Crippen MR) is 43.8 cm³/mol. The van der Waals surface area contributed by atoms with E-state index in [1.807, 2.05) is 0 Å². The second-order valence-electron chi connectivity index (χ2n) is 2.40. The van der Waals surface area contributed by atoms with Crippen LogP contribution in [0.2, 0.25) is 0 Å². The Kier molecular flexibility index (Phi) is 1.60. The molecule has 12 heavy (non-hydrogen) atoms. The largest absolute Gasteiger partial charge is 0.508 e. The van der Waals surface area contributed by atoms with Gasteiger partial charge >= 0.3 is 7.12 Å². The van der Waals surface area contributed by atoms with E-state index in [-0.39, 0.29) is 5.59 Å². The number of pyridine rings is 1. The summed E-state index contributed by atoms with van der Waals surface area (Å²) in [5.74, 6) is 0. The zero-order valence-corrected chi connectivity index (χ0v) is 6.14. The zero-order chi connectivity index (χ0) is 8.55. The molecule has 0 amide bonds. The van der Waals surface area contributed by atoms with E-state index in [9.17, 15) is 0 Å². The van der Waals surface area contributed by atoms with Crippen LogP contribution in [0.5, 0.6) is 0 Å². The van der Waals surface area contributed by atoms with Crippen LogP contribution < -0.4 is 5.59 Å². The maximum atomic E-state index is 8.89. The molecule has 4 nitrogen and oxygen atoms in total. The van der Waals surface area contributed by atoms with E-state index in [4.69, 9.17) is 14.5 Å². The van der Waals surface area contributed by atoms with E-state index in [0.29, 0.717) is 11.0 Å². The number of rotatable bonds is 1. The molecule has 2 N–H and O–H groups in total. The maximum Gasteiger partial charge on any atom is 0.508 e. The van der Waals surface area contributed by atoms with Crippen molar-refractivity contribution in [3.05, 3.63) is 24.6 Å². The van der Waals surface area contributed by atoms with E-state index in [0.717, 1.165) is 0 Å². The lowest BCUT2D eigenvalue weighted by atomic mass is 9.83. The second kappa shape index (κ2) is 2.62. The van der Waals surface area contributed by atoms with Gasteiger partial charge in [-0.1, -0.05) is 0 Å². The third-order valence-corrected chi connectivity index (χ3v) is 1.66. The molecule has 0 bridgehead atoms. The highest BCUT2D eigenvalue weighted by atomic mass is 16.4. The molecule has 0 saturated carbocycles. The quantitative estimate of drug-likeness (QED) is 0.556. The number of nitrogens with zero attached hydrogens (tertiary/aromatic N) is 1. The first-order valence-electron chi connectivity index (χ1n) is 3.47. The molecular weight excluding hydrogens is 157 g/mol. The number of aromatic nitrogens is 1. The molecule has 5 heteroatoms. The summed E-state index contributed by atoms with van der Waals surface area (Å²) in [6.45, 7) is 0. The van der Waals surface area contributed by atoms with Gasteiger partial charge in [-0.15, -0.1) is 0 Å². The third kappa shape index (κ3) is 0.994. The maximum absolute atomic E-state index is 8.89. The molecule has 0 aromatic carbocycles. The molecule has 0 radical (unpaired) electrons. The third-order valence-electron chi connectivity index (χ3n) is 1.66. The molecule has 0 atom stereocenters. The number of fused-ring (bicyclic) bond motifs is 1. The van der Waals surface area contributed by atoms with Gasteiger partial charge in [0.2, 0.25) is 0 Å². The molecular formula is C7H6BNO3. The van der Waals surface area contributed by atoms with Crippen molar-refractivity contribution in [2.45, 2.75) is 0 Å². The van der Waals surface area contributed by atoms with Crippen molar-refractivity contribution in [3.63, 3.8) is 0 Å². The minimum Gasteiger partial charge on any atom is -0.464 e. The first-order valence-corrected chi connectivity index (χ1v) is 3.47. The molecule has 0 aliphatic rings. The molecule has 2 heterocycles. The van der Waals surface area contributed by atoms with E-state index in [1.54, 1.807) is 12.1 Å². The summed E-state index contributed by atoms with van der Waals surface area (Å²) >= 11 is 0. The summed E-state index contributed by atoms with van der Waals surface area (Å²) in [7, 11) is -1.55. The predicted octanol–water partition coefficient (Wildman–Crippen LogP) is -0.492. The second-order valence-corrected chi connectivity index (χ2v) is 2.40. The highest BCUT2D eigenvalue weighted by molar-refractivity contribution is 6.60. The summed E-state index contributed by atoms with van der Waals surface area (Å²) in [4.78, 5) is 3.82. The van der Waals surface area contributed by atoms with Crippen LogP contribution in [0, 0.1) is 0 Å². The molecule has 2 aromatic rings. The van der Waals surface area contributed by atoms with Crippen LogP contribution in [-0.4, -0.2) is 22.2 Å². The number of hydrogen-bond donors (Lipinski definition) is 2. The van der Waals surface area contributed by atoms with E-state index in [2.05, 4.69) is 4.98 Å². The van der Waals surface area contributed by atoms with Crippen molar-refractivity contribution >= 4 is 23.7 Å². The van der Waals surface area contributed by atoms with Gasteiger partial charge < -0.3 is 14.5 Å². The molecule has 0 unspecified atom stereocenters. The van der Waals surface area contributed by atoms with Crippen molar-refractivity contribution in [2.24, 2.45) is 0 Å². The van der Waals surface area contributed by atoms with Crippen LogP contribution in [-0.2, 0) is 0 Å². The lowest BCUT2D eigenvalue weighted by molar-refractivity contribution is 0.424. The van der Waals surface area contributed by atoms with Crippen LogP contribution in [0.3, 0.4) is 0 Å². The Bertz CT molecular complexity index is 398. The fourth-order valence-electron chi connectivity index (χ4n) is 1.12. The molecule has 0 aliphatic carbocycles. The van der Waals surface area contributed by atoms with Crippen molar-refractivity contribution < 1.29 is 14.5 Å². The normalized spacial score (nSPS) is 10.5. The lowest BCUT2D eigenvalue weighted by Crippen LogP contribution is -2.32. The van der Waals surface area contributed by atoms with Gasteiger partial charge in [-0.3, -0.25) is 4.98 Å². The highest BCUT2D eigenvalue weighted by Gasteiger charge is 2.16. The van der Waals surface area contributed by atoms with Crippen LogP contribution in [0.25, 0.3) is 11.0 Å². The van der Waals surface area contributed by atoms with Crippen molar-refractivity contribution in [1.82, 2.24) is 4.98 Å². The van der Waals surface area contributed by atoms with Gasteiger partial charge in [0.05, 0.1) is 11.9 Å². The standard InChI is InChI=1S/C7H6BNO3/c10-8(11)7-5-2-4-12-6(5)1-3-9-7/h1-4,10-11H. The molecule has 0 aliphatic heterocycles. The average molecular weight is 163 g/mol. The summed E-state index contributed by atoms with van der Waals surface area (Å²) < 4.78 is 5.05. The summed E-state index contributed by atoms with van der Waals surface area (Å²) in [5, 5.41) is 18.4. The van der Waals surface area contributed by atoms with Crippen molar-refractivity contribution in [3.8, 4) is 0 Å². The Morgan fingerprint density at radius 2 is 2.17 bits per heavy atom. The van der Waals surface area contributed by atoms with Crippen LogP contribution in [0.15, 0.2) is 29.0 Å². The molecule has 2 aromatic heterocycles. The Balaban J connectivity index is 2.73. The molecule has 0 fully saturated rings. The SMILES string of the molecule is OB(O)c1nccc2occc12. The fourth-order valence-corrected chi connectivity index (χ4v) is 1.12. The fraction of sp³-hybridized carbons (Fsp3) is 0. The lowest BCUT2D eigenvalue weighted by Gasteiger charge is -1.97. The average Bonchev–Trinajstić information content (AvgIpc) is 2.49. The first-order chi connectivity index (χ1) is 5.79. The van der Waals surface area contributed by atoms with Gasteiger partial charge in [0.1, 0.15) is 5.58 Å². The van der Waals surface area contributed by atoms with Crippen molar-refractivity contribution in [1.29, 1.82) is 0 Å². The van der Waals surface area contributed by atoms with Gasteiger partial charge in [0.15, 0.2) is 0 Å². The van der Waals surface area contributed by atoms with Crippen LogP contribution >= 0.6 is 0 Å². The molecule has 0 saturated heterocycles. The topological polar surface area (TPSA) is 66.5 Å². The monoisotopic (exact) mass is 163 g/mol. The van der Waals surface area contributed by atoms with Gasteiger partial charge in [-0.2, -0.15) is 0 Å². The van der Waals surface area contributed by atoms with E-state index >= 15 is 0 Å². The molecule has 0 spiro atoms. The zero-order valence-electron chi connectivity index (χ0n) is 6.14. The summed E-state index contributed by atoms with van der Waals surface area (Å²) in [6, 6.07) is 3.32. The van der Waals surface area contributed by atoms with Crippen LogP contribution in [0.4, 0.5) is 0 Å². The van der Waals surface area contributed by atoms with E-state index < -0.39 is 7.12 Å². The Labute approximate surface area is 68.6 Å². The Morgan fingerprint density at radius 3 is 2.92 bits per heavy atom. The smallest absolute Gasteiger partial charge is 0.464 e. The minimum absolute atomic E-state index is 0.223. The number of furan rings is 1. The van der Waals surface area contributed by atoms with Gasteiger partial charge in [0.25, 0.3) is 0 Å². The van der Waals surface area contributed by atoms with E-state index in [1.165, 1.54) is 12.5 Å². The molecule has 2 rings (SSSR count). The first kappa shape index (κ1) is 7.33. The van der Waals surface area contributed by atoms with Crippen molar-refractivity contribution in [2.75, 3.05) is 0 Å². The Morgan fingerprint density at radius 1 is 1.33 bits per heavy atom. The van der Waals surface area contributed by atoms with Gasteiger partial charge in [0, 0.05) is 11.6 Å². The summed E-state index contributed by atoms with van der Waals surface area (Å²) in [5.41, 5.74) is 0.828. The summed E-state index contributed by atoms with van der Waals surface area (Å²) in [6.07, 6.45) is 2.96.